The monoisotopic (exact) mass is 1630 g/mol. The van der Waals surface area contributed by atoms with E-state index in [9.17, 15) is 0 Å². The second kappa shape index (κ2) is 29.7. The number of benzene rings is 16. The van der Waals surface area contributed by atoms with Crippen molar-refractivity contribution in [2.75, 3.05) is 0 Å². The van der Waals surface area contributed by atoms with Crippen LogP contribution in [0.3, 0.4) is 0 Å². The predicted octanol–water partition coefficient (Wildman–Crippen LogP) is 29.1. The molecule has 10 heteroatoms. The van der Waals surface area contributed by atoms with Crippen molar-refractivity contribution in [3.05, 3.63) is 457 Å². The van der Waals surface area contributed by atoms with Crippen LogP contribution in [0.1, 0.15) is 0 Å². The number of nitrogens with zero attached hydrogens (tertiary/aromatic N) is 8. The summed E-state index contributed by atoms with van der Waals surface area (Å²) in [7, 11) is 0. The van der Waals surface area contributed by atoms with Gasteiger partial charge >= 0.3 is 0 Å². The summed E-state index contributed by atoms with van der Waals surface area (Å²) in [5.74, 6) is 0. The summed E-state index contributed by atoms with van der Waals surface area (Å²) in [6, 6.07) is 152. The minimum Gasteiger partial charge on any atom is -0.309 e. The molecule has 0 aliphatic rings. The molecule has 10 nitrogen and oxygen atoms in total. The normalized spacial score (nSPS) is 11.8. The molecular weight excluding hydrogens is 1560 g/mol. The van der Waals surface area contributed by atoms with Crippen LogP contribution in [0.4, 0.5) is 0 Å². The lowest BCUT2D eigenvalue weighted by Crippen LogP contribution is -2.04. The lowest BCUT2D eigenvalue weighted by atomic mass is 10.0. The van der Waals surface area contributed by atoms with Crippen molar-refractivity contribution in [3.8, 4) is 56.4 Å². The highest BCUT2D eigenvalue weighted by Gasteiger charge is 2.21. The average Bonchev–Trinajstić information content (AvgIpc) is 1.57. The second-order valence-corrected chi connectivity index (χ2v) is 33.2. The summed E-state index contributed by atoms with van der Waals surface area (Å²) < 4.78 is 9.34. The Morgan fingerprint density at radius 1 is 0.164 bits per heavy atom. The first kappa shape index (κ1) is 73.4. The summed E-state index contributed by atoms with van der Waals surface area (Å²) in [6.07, 6.45) is 0. The number of fused-ring (bicyclic) bond motifs is 38. The van der Waals surface area contributed by atoms with Gasteiger partial charge in [-0.1, -0.05) is 255 Å². The molecule has 0 unspecified atom stereocenters. The highest BCUT2D eigenvalue weighted by Crippen LogP contribution is 2.41. The quantitative estimate of drug-likeness (QED) is 0.164. The maximum Gasteiger partial charge on any atom is 0.193 e. The van der Waals surface area contributed by atoms with Gasteiger partial charge in [0.25, 0.3) is 0 Å². The van der Waals surface area contributed by atoms with Crippen LogP contribution in [0, 0.1) is 0 Å². The molecule has 0 N–H and O–H groups in total. The summed E-state index contributed by atoms with van der Waals surface area (Å²) >= 11 is 0. The zero-order chi connectivity index (χ0) is 84.6. The Kier molecular flexibility index (Phi) is 17.0. The van der Waals surface area contributed by atoms with Crippen molar-refractivity contribution in [1.29, 1.82) is 0 Å². The molecule has 0 aliphatic carbocycles. The Balaban J connectivity index is 0.822. The molecule has 0 saturated carbocycles. The van der Waals surface area contributed by atoms with E-state index in [1.807, 2.05) is 121 Å². The molecule has 25 aromatic rings. The first-order valence-corrected chi connectivity index (χ1v) is 43.2. The van der Waals surface area contributed by atoms with Crippen LogP contribution in [0.2, 0.25) is 0 Å². The van der Waals surface area contributed by atoms with Crippen LogP contribution in [0.5, 0.6) is 0 Å². The Hall–Kier alpha value is -17.3. The molecule has 0 fully saturated rings. The molecular formula is C118H72N8O2. The summed E-state index contributed by atoms with van der Waals surface area (Å²) in [6.45, 7) is 0. The molecule has 0 aliphatic heterocycles. The third-order valence-corrected chi connectivity index (χ3v) is 25.6. The van der Waals surface area contributed by atoms with E-state index in [1.54, 1.807) is 0 Å². The number of hydrogen-bond acceptors (Lipinski definition) is 6. The Morgan fingerprint density at radius 3 is 0.836 bits per heavy atom. The third kappa shape index (κ3) is 12.4. The van der Waals surface area contributed by atoms with Gasteiger partial charge in [0.2, 0.25) is 0 Å². The molecule has 0 saturated heterocycles. The van der Waals surface area contributed by atoms with Gasteiger partial charge in [0.15, 0.2) is 10.9 Å². The molecule has 20 bridgehead atoms. The number of aromatic nitrogens is 8. The summed E-state index contributed by atoms with van der Waals surface area (Å²) in [5.41, 5.74) is 20.3. The maximum absolute atomic E-state index is 17.2. The van der Waals surface area contributed by atoms with Gasteiger partial charge in [-0.3, -0.25) is 9.59 Å². The van der Waals surface area contributed by atoms with E-state index in [1.165, 1.54) is 0 Å². The van der Waals surface area contributed by atoms with Crippen LogP contribution in [-0.4, -0.2) is 37.9 Å². The van der Waals surface area contributed by atoms with E-state index < -0.39 is 0 Å². The average molecular weight is 1630 g/mol. The molecule has 0 atom stereocenters. The molecule has 0 spiro atoms. The standard InChI is InChI=1S/C118H72N8O2/c127-117-85-61-81(105-43-21-39-101(119-105)73-25-3-1-4-26-73)59-83(63-85)107-45-23-41-103(121-107)79-31-19-29-75(57-79)77-53-55-99-97-37-11-17-51-113(97)125(115(99)69-77)91-67-87(65-89(71-91)123-109-47-13-7-33-93(109)94-34-8-14-48-110(94)123)118(128)88-66-90(124-111-49-15-9-35-95(111)96-36-10-16-50-112(96)124)72-92(68-88)126-114-52-18-12-38-98(114)100-56-54-78(70-116(100)126)76-30-20-32-80(58-76)104-42-24-46-108(122-104)84-60-82(62-86(117)64-84)106-44-22-40-102(120-106)74-27-5-2-6-28-74/h1-72H. The van der Waals surface area contributed by atoms with E-state index in [4.69, 9.17) is 19.9 Å². The van der Waals surface area contributed by atoms with Gasteiger partial charge in [-0.25, -0.2) is 19.9 Å². The van der Waals surface area contributed by atoms with E-state index in [2.05, 4.69) is 333 Å². The van der Waals surface area contributed by atoms with E-state index in [-0.39, 0.29) is 10.9 Å². The Labute approximate surface area is 731 Å². The largest absolute Gasteiger partial charge is 0.309 e. The zero-order valence-electron chi connectivity index (χ0n) is 69.0. The van der Waals surface area contributed by atoms with Gasteiger partial charge in [-0.05, 0) is 204 Å². The van der Waals surface area contributed by atoms with Crippen molar-refractivity contribution in [2.45, 2.75) is 0 Å². The van der Waals surface area contributed by atoms with Crippen LogP contribution >= 0.6 is 0 Å². The SMILES string of the molecule is O=c1c2cc(-c3cccc(-c4ccccc4)n3)cc(c2)c2cccc(n2)c2cccc(c2)c2ccc3c4ccccc4n(c4cc(-n5c6ccccc6c6ccccc65)cc(c4)c(=O)c4cc(-n5c6ccccc6c6ccccc65)cc(c4)n4c5ccccc5c5ccc(cc54)c4cccc(c4)c4cccc(n4)c4cc(-c5cccc(-c6ccccc6)n5)cc1c4)c3c2. The molecule has 9 heterocycles. The fourth-order valence-electron chi connectivity index (χ4n) is 19.6. The number of rotatable bonds is 6. The Bertz CT molecular complexity index is 8900. The lowest BCUT2D eigenvalue weighted by molar-refractivity contribution is 1.18. The van der Waals surface area contributed by atoms with Crippen molar-refractivity contribution < 1.29 is 0 Å². The van der Waals surface area contributed by atoms with Crippen LogP contribution in [0.15, 0.2) is 446 Å². The smallest absolute Gasteiger partial charge is 0.193 e. The van der Waals surface area contributed by atoms with Crippen molar-refractivity contribution >= 4 is 185 Å². The van der Waals surface area contributed by atoms with Crippen LogP contribution in [-0.2, 0) is 0 Å². The molecule has 0 radical (unpaired) electrons. The van der Waals surface area contributed by atoms with Crippen LogP contribution in [0.25, 0.3) is 241 Å². The van der Waals surface area contributed by atoms with Gasteiger partial charge in [0, 0.05) is 131 Å². The molecule has 25 rings (SSSR count). The van der Waals surface area contributed by atoms with Gasteiger partial charge in [-0.15, -0.1) is 0 Å². The molecule has 0 amide bonds. The fraction of sp³-hybridized carbons (Fsp3) is 0. The Morgan fingerprint density at radius 2 is 0.445 bits per heavy atom. The highest BCUT2D eigenvalue weighted by atomic mass is 16.1. The minimum absolute atomic E-state index is 0.146. The topological polar surface area (TPSA) is 104 Å². The molecule has 16 aromatic carbocycles. The zero-order valence-corrected chi connectivity index (χ0v) is 69.0. The molecule has 596 valence electrons. The first-order chi connectivity index (χ1) is 63.2. The second-order valence-electron chi connectivity index (χ2n) is 33.2. The first-order valence-electron chi connectivity index (χ1n) is 43.2. The molecule has 9 aromatic heterocycles. The maximum atomic E-state index is 17.2. The minimum atomic E-state index is -0.201. The van der Waals surface area contributed by atoms with Gasteiger partial charge < -0.3 is 17.9 Å². The van der Waals surface area contributed by atoms with E-state index >= 15 is 9.59 Å². The van der Waals surface area contributed by atoms with Crippen molar-refractivity contribution in [2.24, 2.45) is 0 Å². The van der Waals surface area contributed by atoms with E-state index in [0.29, 0.717) is 44.0 Å². The van der Waals surface area contributed by atoms with Gasteiger partial charge in [0.05, 0.1) is 89.0 Å². The van der Waals surface area contributed by atoms with Gasteiger partial charge in [0.1, 0.15) is 0 Å². The number of pyridine rings is 4. The van der Waals surface area contributed by atoms with Gasteiger partial charge in [-0.2, -0.15) is 0 Å². The highest BCUT2D eigenvalue weighted by molar-refractivity contribution is 6.15. The summed E-state index contributed by atoms with van der Waals surface area (Å²) in [5, 5.41) is 17.9. The number of para-hydroxylation sites is 6. The lowest BCUT2D eigenvalue weighted by Gasteiger charge is -2.11. The fourth-order valence-corrected chi connectivity index (χ4v) is 19.6. The van der Waals surface area contributed by atoms with Crippen molar-refractivity contribution in [3.63, 3.8) is 0 Å². The summed E-state index contributed by atoms with van der Waals surface area (Å²) in [4.78, 5) is 55.3. The predicted molar refractivity (Wildman–Crippen MR) is 534 cm³/mol. The van der Waals surface area contributed by atoms with E-state index in [0.717, 1.165) is 197 Å². The number of hydrogen-bond donors (Lipinski definition) is 0. The van der Waals surface area contributed by atoms with Crippen molar-refractivity contribution in [1.82, 2.24) is 37.9 Å². The molecule has 128 heavy (non-hydrogen) atoms. The third-order valence-electron chi connectivity index (χ3n) is 25.6. The van der Waals surface area contributed by atoms with Crippen LogP contribution < -0.4 is 10.9 Å².